The molecule has 9 rings (SSSR count). The van der Waals surface area contributed by atoms with Crippen LogP contribution in [0.5, 0.6) is 11.5 Å². The number of aromatic nitrogens is 2. The van der Waals surface area contributed by atoms with E-state index in [1.54, 1.807) is 11.3 Å². The van der Waals surface area contributed by atoms with E-state index in [-0.39, 0.29) is 0 Å². The van der Waals surface area contributed by atoms with Crippen molar-refractivity contribution in [3.05, 3.63) is 146 Å². The number of para-hydroxylation sites is 1. The van der Waals surface area contributed by atoms with Crippen molar-refractivity contribution in [2.45, 2.75) is 0 Å². The quantitative estimate of drug-likeness (QED) is 0.153. The van der Waals surface area contributed by atoms with Crippen molar-refractivity contribution in [3.8, 4) is 33.2 Å². The fraction of sp³-hybridized carbons (Fsp3) is 0. The Labute approximate surface area is 257 Å². The zero-order chi connectivity index (χ0) is 29.0. The van der Waals surface area contributed by atoms with Gasteiger partial charge in [-0.2, -0.15) is 0 Å². The van der Waals surface area contributed by atoms with Crippen LogP contribution in [-0.2, 0) is 0 Å². The van der Waals surface area contributed by atoms with E-state index in [1.807, 2.05) is 30.6 Å². The van der Waals surface area contributed by atoms with Gasteiger partial charge in [0.25, 0.3) is 0 Å². The molecule has 9 aromatic rings. The van der Waals surface area contributed by atoms with Gasteiger partial charge in [0.2, 0.25) is 0 Å². The molecule has 44 heavy (non-hydrogen) atoms. The van der Waals surface area contributed by atoms with Crippen LogP contribution in [0.15, 0.2) is 146 Å². The van der Waals surface area contributed by atoms with Crippen LogP contribution in [-0.4, -0.2) is 9.97 Å². The Morgan fingerprint density at radius 1 is 0.545 bits per heavy atom. The molecule has 0 N–H and O–H groups in total. The van der Waals surface area contributed by atoms with E-state index in [0.717, 1.165) is 49.1 Å². The number of thiazole rings is 1. The van der Waals surface area contributed by atoms with Gasteiger partial charge in [0, 0.05) is 34.1 Å². The minimum Gasteiger partial charge on any atom is -0.456 e. The lowest BCUT2D eigenvalue weighted by Crippen LogP contribution is -1.94. The van der Waals surface area contributed by atoms with Gasteiger partial charge in [0.15, 0.2) is 0 Å². The molecule has 3 nitrogen and oxygen atoms in total. The third-order valence-corrected chi connectivity index (χ3v) is 9.51. The smallest absolute Gasteiger partial charge is 0.143 e. The summed E-state index contributed by atoms with van der Waals surface area (Å²) < 4.78 is 7.95. The lowest BCUT2D eigenvalue weighted by Gasteiger charge is -2.19. The molecule has 206 valence electrons. The Hall–Kier alpha value is -5.58. The highest BCUT2D eigenvalue weighted by molar-refractivity contribution is 7.21. The summed E-state index contributed by atoms with van der Waals surface area (Å²) >= 11 is 1.71. The van der Waals surface area contributed by atoms with E-state index in [2.05, 4.69) is 120 Å². The minimum absolute atomic E-state index is 0.780. The Kier molecular flexibility index (Phi) is 5.68. The van der Waals surface area contributed by atoms with Gasteiger partial charge in [-0.3, -0.25) is 4.98 Å². The molecular formula is C40H24N2OS. The zero-order valence-electron chi connectivity index (χ0n) is 23.6. The number of ether oxygens (including phenoxy) is 1. The van der Waals surface area contributed by atoms with Gasteiger partial charge in [-0.15, -0.1) is 11.3 Å². The molecule has 0 saturated heterocycles. The molecule has 0 aliphatic rings. The molecule has 0 atom stereocenters. The van der Waals surface area contributed by atoms with Crippen LogP contribution in [0.1, 0.15) is 0 Å². The molecule has 0 amide bonds. The number of fused-ring (bicyclic) bond motifs is 6. The Morgan fingerprint density at radius 2 is 1.23 bits per heavy atom. The van der Waals surface area contributed by atoms with Gasteiger partial charge in [0.1, 0.15) is 16.5 Å². The SMILES string of the molecule is c1ccc2c(c1)cc(-c1c3ccccc3c(Oc3ccc(-c4nc5ccccc5s4)cc3)c3ccncc13)c1ccccc12. The van der Waals surface area contributed by atoms with E-state index in [1.165, 1.54) is 37.4 Å². The van der Waals surface area contributed by atoms with Crippen LogP contribution in [0.2, 0.25) is 0 Å². The lowest BCUT2D eigenvalue weighted by atomic mass is 9.87. The molecule has 0 radical (unpaired) electrons. The summed E-state index contributed by atoms with van der Waals surface area (Å²) in [7, 11) is 0. The number of hydrogen-bond acceptors (Lipinski definition) is 4. The largest absolute Gasteiger partial charge is 0.456 e. The molecule has 0 aliphatic carbocycles. The Morgan fingerprint density at radius 3 is 2.07 bits per heavy atom. The summed E-state index contributed by atoms with van der Waals surface area (Å²) in [6, 6.07) is 46.8. The van der Waals surface area contributed by atoms with Gasteiger partial charge < -0.3 is 4.74 Å². The van der Waals surface area contributed by atoms with Crippen molar-refractivity contribution < 1.29 is 4.74 Å². The first-order chi connectivity index (χ1) is 21.8. The maximum Gasteiger partial charge on any atom is 0.143 e. The summed E-state index contributed by atoms with van der Waals surface area (Å²) in [5.41, 5.74) is 4.47. The van der Waals surface area contributed by atoms with Gasteiger partial charge >= 0.3 is 0 Å². The average Bonchev–Trinajstić information content (AvgIpc) is 3.53. The van der Waals surface area contributed by atoms with Crippen LogP contribution in [0.25, 0.3) is 75.0 Å². The highest BCUT2D eigenvalue weighted by atomic mass is 32.1. The molecule has 0 fully saturated rings. The molecule has 0 saturated carbocycles. The van der Waals surface area contributed by atoms with E-state index in [9.17, 15) is 0 Å². The molecule has 0 spiro atoms. The van der Waals surface area contributed by atoms with Crippen LogP contribution < -0.4 is 4.74 Å². The van der Waals surface area contributed by atoms with Gasteiger partial charge in [-0.1, -0.05) is 84.9 Å². The fourth-order valence-corrected chi connectivity index (χ4v) is 7.39. The summed E-state index contributed by atoms with van der Waals surface area (Å²) in [4.78, 5) is 9.43. The standard InChI is InChI=1S/C40H24N2OS/c1-2-10-28-26(9-1)23-34(30-12-4-3-11-29(28)30)38-31-13-5-6-14-32(31)39(33-21-22-41-24-35(33)38)43-27-19-17-25(18-20-27)40-42-36-15-7-8-16-37(36)44-40/h1-24H. The monoisotopic (exact) mass is 580 g/mol. The number of nitrogens with zero attached hydrogens (tertiary/aromatic N) is 2. The first kappa shape index (κ1) is 25.0. The van der Waals surface area contributed by atoms with E-state index >= 15 is 0 Å². The Balaban J connectivity index is 1.23. The highest BCUT2D eigenvalue weighted by Gasteiger charge is 2.19. The third kappa shape index (κ3) is 3.96. The molecule has 7 aromatic carbocycles. The summed E-state index contributed by atoms with van der Waals surface area (Å²) in [6.45, 7) is 0. The second-order valence-electron chi connectivity index (χ2n) is 11.0. The third-order valence-electron chi connectivity index (χ3n) is 8.43. The van der Waals surface area contributed by atoms with E-state index in [4.69, 9.17) is 9.72 Å². The Bertz CT molecular complexity index is 2440. The minimum atomic E-state index is 0.780. The number of rotatable bonds is 4. The number of hydrogen-bond donors (Lipinski definition) is 0. The van der Waals surface area contributed by atoms with Crippen molar-refractivity contribution in [1.29, 1.82) is 0 Å². The van der Waals surface area contributed by atoms with Gasteiger partial charge in [-0.25, -0.2) is 4.98 Å². The zero-order valence-corrected chi connectivity index (χ0v) is 24.4. The lowest BCUT2D eigenvalue weighted by molar-refractivity contribution is 0.494. The van der Waals surface area contributed by atoms with Gasteiger partial charge in [-0.05, 0) is 86.6 Å². The first-order valence-corrected chi connectivity index (χ1v) is 15.5. The van der Waals surface area contributed by atoms with Crippen LogP contribution in [0, 0.1) is 0 Å². The van der Waals surface area contributed by atoms with Crippen LogP contribution in [0.4, 0.5) is 0 Å². The number of benzene rings is 7. The molecule has 4 heteroatoms. The predicted octanol–water partition coefficient (Wildman–Crippen LogP) is 11.4. The second kappa shape index (κ2) is 10.0. The molecule has 0 bridgehead atoms. The second-order valence-corrected chi connectivity index (χ2v) is 12.0. The van der Waals surface area contributed by atoms with E-state index in [0.29, 0.717) is 0 Å². The summed E-state index contributed by atoms with van der Waals surface area (Å²) in [6.07, 6.45) is 3.83. The van der Waals surface area contributed by atoms with Crippen molar-refractivity contribution >= 4 is 64.6 Å². The van der Waals surface area contributed by atoms with Crippen LogP contribution >= 0.6 is 11.3 Å². The molecule has 2 heterocycles. The molecule has 0 unspecified atom stereocenters. The van der Waals surface area contributed by atoms with Crippen molar-refractivity contribution in [3.63, 3.8) is 0 Å². The summed E-state index contributed by atoms with van der Waals surface area (Å²) in [5.74, 6) is 1.61. The topological polar surface area (TPSA) is 35.0 Å². The van der Waals surface area contributed by atoms with Crippen molar-refractivity contribution in [2.75, 3.05) is 0 Å². The first-order valence-electron chi connectivity index (χ1n) is 14.6. The highest BCUT2D eigenvalue weighted by Crippen LogP contribution is 2.47. The normalized spacial score (nSPS) is 11.6. The maximum atomic E-state index is 6.76. The molecule has 2 aromatic heterocycles. The number of pyridine rings is 1. The maximum absolute atomic E-state index is 6.76. The molecule has 0 aliphatic heterocycles. The summed E-state index contributed by atoms with van der Waals surface area (Å²) in [5, 5.41) is 10.2. The van der Waals surface area contributed by atoms with Gasteiger partial charge in [0.05, 0.1) is 10.2 Å². The van der Waals surface area contributed by atoms with Crippen molar-refractivity contribution in [2.24, 2.45) is 0 Å². The average molecular weight is 581 g/mol. The fourth-order valence-electron chi connectivity index (χ4n) is 6.42. The molecular weight excluding hydrogens is 557 g/mol. The van der Waals surface area contributed by atoms with Crippen LogP contribution in [0.3, 0.4) is 0 Å². The predicted molar refractivity (Wildman–Crippen MR) is 185 cm³/mol. The van der Waals surface area contributed by atoms with Crippen molar-refractivity contribution in [1.82, 2.24) is 9.97 Å². The van der Waals surface area contributed by atoms with E-state index < -0.39 is 0 Å².